The SMILES string of the molecule is NCCC1CCN(C(=O)Nc2ccccc2C(F)(F)F)C1. The van der Waals surface area contributed by atoms with Crippen molar-refractivity contribution in [2.75, 3.05) is 25.0 Å². The van der Waals surface area contributed by atoms with Crippen molar-refractivity contribution >= 4 is 11.7 Å². The van der Waals surface area contributed by atoms with Gasteiger partial charge in [-0.15, -0.1) is 0 Å². The lowest BCUT2D eigenvalue weighted by Gasteiger charge is -2.19. The molecule has 2 rings (SSSR count). The van der Waals surface area contributed by atoms with Gasteiger partial charge in [0, 0.05) is 13.1 Å². The molecule has 1 aromatic rings. The minimum atomic E-state index is -4.49. The molecule has 1 fully saturated rings. The smallest absolute Gasteiger partial charge is 0.330 e. The number of alkyl halides is 3. The molecule has 0 spiro atoms. The van der Waals surface area contributed by atoms with Crippen LogP contribution in [0.2, 0.25) is 0 Å². The second-order valence-electron chi connectivity index (χ2n) is 5.15. The molecule has 21 heavy (non-hydrogen) atoms. The zero-order chi connectivity index (χ0) is 15.5. The number of anilines is 1. The minimum Gasteiger partial charge on any atom is -0.330 e. The first-order valence-electron chi connectivity index (χ1n) is 6.84. The van der Waals surface area contributed by atoms with Crippen molar-refractivity contribution in [1.82, 2.24) is 4.90 Å². The van der Waals surface area contributed by atoms with Crippen molar-refractivity contribution < 1.29 is 18.0 Å². The number of rotatable bonds is 3. The molecule has 2 amide bonds. The summed E-state index contributed by atoms with van der Waals surface area (Å²) in [5.74, 6) is 0.332. The zero-order valence-electron chi connectivity index (χ0n) is 11.5. The van der Waals surface area contributed by atoms with Gasteiger partial charge in [-0.3, -0.25) is 0 Å². The largest absolute Gasteiger partial charge is 0.418 e. The normalized spacial score (nSPS) is 18.9. The molecule has 1 aromatic carbocycles. The average molecular weight is 301 g/mol. The number of nitrogens with one attached hydrogen (secondary N) is 1. The first-order chi connectivity index (χ1) is 9.91. The molecule has 1 aliphatic rings. The molecule has 1 heterocycles. The van der Waals surface area contributed by atoms with Crippen molar-refractivity contribution in [2.24, 2.45) is 11.7 Å². The zero-order valence-corrected chi connectivity index (χ0v) is 11.5. The van der Waals surface area contributed by atoms with Crippen LogP contribution in [-0.4, -0.2) is 30.6 Å². The number of benzene rings is 1. The van der Waals surface area contributed by atoms with Gasteiger partial charge in [-0.2, -0.15) is 13.2 Å². The van der Waals surface area contributed by atoms with E-state index in [1.165, 1.54) is 23.1 Å². The fourth-order valence-electron chi connectivity index (χ4n) is 2.52. The summed E-state index contributed by atoms with van der Waals surface area (Å²) >= 11 is 0. The molecule has 1 atom stereocenters. The molecular formula is C14H18F3N3O. The summed E-state index contributed by atoms with van der Waals surface area (Å²) in [5.41, 5.74) is 4.43. The molecule has 7 heteroatoms. The summed E-state index contributed by atoms with van der Waals surface area (Å²) in [6.07, 6.45) is -2.83. The molecule has 1 aliphatic heterocycles. The Morgan fingerprint density at radius 3 is 2.76 bits per heavy atom. The van der Waals surface area contributed by atoms with Crippen LogP contribution >= 0.6 is 0 Å². The van der Waals surface area contributed by atoms with Crippen LogP contribution in [0.25, 0.3) is 0 Å². The molecule has 1 saturated heterocycles. The molecule has 0 aliphatic carbocycles. The predicted octanol–water partition coefficient (Wildman–Crippen LogP) is 2.91. The van der Waals surface area contributed by atoms with E-state index in [1.807, 2.05) is 0 Å². The second kappa shape index (κ2) is 6.34. The van der Waals surface area contributed by atoms with Crippen molar-refractivity contribution in [2.45, 2.75) is 19.0 Å². The Hall–Kier alpha value is -1.76. The number of nitrogens with zero attached hydrogens (tertiary/aromatic N) is 1. The number of hydrogen-bond acceptors (Lipinski definition) is 2. The topological polar surface area (TPSA) is 58.4 Å². The lowest BCUT2D eigenvalue weighted by molar-refractivity contribution is -0.136. The highest BCUT2D eigenvalue weighted by molar-refractivity contribution is 5.90. The number of hydrogen-bond donors (Lipinski definition) is 2. The lowest BCUT2D eigenvalue weighted by atomic mass is 10.1. The highest BCUT2D eigenvalue weighted by Crippen LogP contribution is 2.34. The lowest BCUT2D eigenvalue weighted by Crippen LogP contribution is -2.33. The average Bonchev–Trinajstić information content (AvgIpc) is 2.87. The van der Waals surface area contributed by atoms with Gasteiger partial charge in [0.05, 0.1) is 11.3 Å². The van der Waals surface area contributed by atoms with E-state index < -0.39 is 17.8 Å². The van der Waals surface area contributed by atoms with Crippen LogP contribution in [-0.2, 0) is 6.18 Å². The van der Waals surface area contributed by atoms with E-state index in [9.17, 15) is 18.0 Å². The number of amides is 2. The summed E-state index contributed by atoms with van der Waals surface area (Å²) in [6, 6.07) is 4.48. The number of para-hydroxylation sites is 1. The van der Waals surface area contributed by atoms with Gasteiger partial charge in [0.1, 0.15) is 0 Å². The Kier molecular flexibility index (Phi) is 4.72. The summed E-state index contributed by atoms with van der Waals surface area (Å²) in [5, 5.41) is 2.36. The van der Waals surface area contributed by atoms with Crippen molar-refractivity contribution in [1.29, 1.82) is 0 Å². The first kappa shape index (κ1) is 15.6. The number of carbonyl (C=O) groups excluding carboxylic acids is 1. The summed E-state index contributed by atoms with van der Waals surface area (Å²) in [4.78, 5) is 13.6. The van der Waals surface area contributed by atoms with Crippen LogP contribution in [0.3, 0.4) is 0 Å². The van der Waals surface area contributed by atoms with E-state index in [0.717, 1.165) is 18.9 Å². The summed E-state index contributed by atoms with van der Waals surface area (Å²) < 4.78 is 38.6. The number of halogens is 3. The van der Waals surface area contributed by atoms with E-state index >= 15 is 0 Å². The predicted molar refractivity (Wildman–Crippen MR) is 73.8 cm³/mol. The van der Waals surface area contributed by atoms with Crippen LogP contribution in [0.1, 0.15) is 18.4 Å². The number of likely N-dealkylation sites (tertiary alicyclic amines) is 1. The van der Waals surface area contributed by atoms with Gasteiger partial charge < -0.3 is 16.0 Å². The van der Waals surface area contributed by atoms with Gasteiger partial charge >= 0.3 is 12.2 Å². The van der Waals surface area contributed by atoms with Gasteiger partial charge in [-0.1, -0.05) is 12.1 Å². The fraction of sp³-hybridized carbons (Fsp3) is 0.500. The molecule has 0 bridgehead atoms. The minimum absolute atomic E-state index is 0.211. The highest BCUT2D eigenvalue weighted by Gasteiger charge is 2.34. The Bertz CT molecular complexity index is 504. The molecule has 1 unspecified atom stereocenters. The third kappa shape index (κ3) is 3.87. The molecular weight excluding hydrogens is 283 g/mol. The molecule has 3 N–H and O–H groups in total. The third-order valence-corrected chi connectivity index (χ3v) is 3.62. The van der Waals surface area contributed by atoms with Gasteiger partial charge in [0.25, 0.3) is 0 Å². The highest BCUT2D eigenvalue weighted by atomic mass is 19.4. The molecule has 0 radical (unpaired) electrons. The van der Waals surface area contributed by atoms with Gasteiger partial charge in [0.2, 0.25) is 0 Å². The fourth-order valence-corrected chi connectivity index (χ4v) is 2.52. The van der Waals surface area contributed by atoms with Gasteiger partial charge in [-0.05, 0) is 37.4 Å². The Morgan fingerprint density at radius 2 is 2.10 bits per heavy atom. The quantitative estimate of drug-likeness (QED) is 0.902. The molecule has 4 nitrogen and oxygen atoms in total. The Labute approximate surface area is 121 Å². The number of urea groups is 1. The number of nitrogens with two attached hydrogens (primary N) is 1. The van der Waals surface area contributed by atoms with Crippen LogP contribution in [0.4, 0.5) is 23.7 Å². The summed E-state index contributed by atoms with van der Waals surface area (Å²) in [7, 11) is 0. The van der Waals surface area contributed by atoms with Crippen LogP contribution < -0.4 is 11.1 Å². The van der Waals surface area contributed by atoms with Crippen LogP contribution in [0, 0.1) is 5.92 Å². The van der Waals surface area contributed by atoms with Crippen molar-refractivity contribution in [3.05, 3.63) is 29.8 Å². The van der Waals surface area contributed by atoms with E-state index in [0.29, 0.717) is 25.6 Å². The van der Waals surface area contributed by atoms with Crippen molar-refractivity contribution in [3.8, 4) is 0 Å². The van der Waals surface area contributed by atoms with E-state index in [2.05, 4.69) is 5.32 Å². The van der Waals surface area contributed by atoms with Gasteiger partial charge in [0.15, 0.2) is 0 Å². The molecule has 0 aromatic heterocycles. The van der Waals surface area contributed by atoms with Gasteiger partial charge in [-0.25, -0.2) is 4.79 Å². The number of carbonyl (C=O) groups is 1. The molecule has 116 valence electrons. The van der Waals surface area contributed by atoms with Crippen LogP contribution in [0.15, 0.2) is 24.3 Å². The third-order valence-electron chi connectivity index (χ3n) is 3.62. The first-order valence-corrected chi connectivity index (χ1v) is 6.84. The van der Waals surface area contributed by atoms with E-state index in [-0.39, 0.29) is 5.69 Å². The van der Waals surface area contributed by atoms with Crippen LogP contribution in [0.5, 0.6) is 0 Å². The maximum absolute atomic E-state index is 12.9. The van der Waals surface area contributed by atoms with E-state index in [4.69, 9.17) is 5.73 Å². The second-order valence-corrected chi connectivity index (χ2v) is 5.15. The summed E-state index contributed by atoms with van der Waals surface area (Å²) in [6.45, 7) is 1.64. The van der Waals surface area contributed by atoms with Crippen molar-refractivity contribution in [3.63, 3.8) is 0 Å². The maximum atomic E-state index is 12.9. The Morgan fingerprint density at radius 1 is 1.38 bits per heavy atom. The Balaban J connectivity index is 2.04. The van der Waals surface area contributed by atoms with E-state index in [1.54, 1.807) is 0 Å². The standard InChI is InChI=1S/C14H18F3N3O/c15-14(16,17)11-3-1-2-4-12(11)19-13(21)20-8-6-10(9-20)5-7-18/h1-4,10H,5-9,18H2,(H,19,21). The maximum Gasteiger partial charge on any atom is 0.418 e. The molecule has 0 saturated carbocycles. The monoisotopic (exact) mass is 301 g/mol.